The van der Waals surface area contributed by atoms with E-state index < -0.39 is 0 Å². The summed E-state index contributed by atoms with van der Waals surface area (Å²) in [6.45, 7) is 14.7. The fourth-order valence-corrected chi connectivity index (χ4v) is 3.73. The Kier molecular flexibility index (Phi) is 3.68. The van der Waals surface area contributed by atoms with Crippen LogP contribution in [0.4, 0.5) is 0 Å². The highest BCUT2D eigenvalue weighted by Crippen LogP contribution is 2.53. The van der Waals surface area contributed by atoms with Crippen molar-refractivity contribution in [2.24, 2.45) is 38.6 Å². The average molecular weight is 347 g/mol. The minimum absolute atomic E-state index is 0.138. The summed E-state index contributed by atoms with van der Waals surface area (Å²) in [6.07, 6.45) is 0. The van der Waals surface area contributed by atoms with E-state index in [0.29, 0.717) is 25.7 Å². The molecule has 3 heterocycles. The van der Waals surface area contributed by atoms with Gasteiger partial charge in [-0.05, 0) is 33.6 Å². The molecule has 0 unspecified atom stereocenters. The molecule has 0 radical (unpaired) electrons. The normalized spacial score (nSPS) is 37.8. The van der Waals surface area contributed by atoms with E-state index in [9.17, 15) is 0 Å². The molecule has 6 heteroatoms. The van der Waals surface area contributed by atoms with Gasteiger partial charge in [0.2, 0.25) is 0 Å². The van der Waals surface area contributed by atoms with Crippen molar-refractivity contribution in [1.82, 2.24) is 0 Å². The van der Waals surface area contributed by atoms with Crippen LogP contribution in [-0.2, 0) is 14.2 Å². The van der Waals surface area contributed by atoms with E-state index in [4.69, 9.17) is 29.2 Å². The van der Waals surface area contributed by atoms with Gasteiger partial charge < -0.3 is 14.2 Å². The highest BCUT2D eigenvalue weighted by Gasteiger charge is 2.64. The van der Waals surface area contributed by atoms with E-state index in [2.05, 4.69) is 41.5 Å². The molecule has 4 rings (SSSR count). The molecule has 138 valence electrons. The van der Waals surface area contributed by atoms with Gasteiger partial charge in [-0.2, -0.15) is 0 Å². The van der Waals surface area contributed by atoms with Gasteiger partial charge >= 0.3 is 0 Å². The minimum atomic E-state index is -0.163. The third kappa shape index (κ3) is 3.04. The van der Waals surface area contributed by atoms with Crippen molar-refractivity contribution in [3.8, 4) is 0 Å². The fraction of sp³-hybridized carbons (Fsp3) is 0.842. The van der Waals surface area contributed by atoms with Crippen LogP contribution in [-0.4, -0.2) is 54.6 Å². The van der Waals surface area contributed by atoms with Crippen LogP contribution < -0.4 is 0 Å². The van der Waals surface area contributed by atoms with Crippen molar-refractivity contribution in [2.75, 3.05) is 19.8 Å². The first-order chi connectivity index (χ1) is 11.7. The van der Waals surface area contributed by atoms with Crippen molar-refractivity contribution in [1.29, 1.82) is 0 Å². The average Bonchev–Trinajstić information content (AvgIpc) is 2.85. The maximum absolute atomic E-state index is 5.96. The third-order valence-corrected chi connectivity index (χ3v) is 5.31. The van der Waals surface area contributed by atoms with Gasteiger partial charge in [-0.3, -0.25) is 0 Å². The van der Waals surface area contributed by atoms with Gasteiger partial charge in [0.25, 0.3) is 0 Å². The number of hydrogen-bond donors (Lipinski definition) is 0. The van der Waals surface area contributed by atoms with Crippen LogP contribution in [0, 0.1) is 23.7 Å². The summed E-state index contributed by atoms with van der Waals surface area (Å²) in [7, 11) is 0. The molecule has 0 bridgehead atoms. The van der Waals surface area contributed by atoms with E-state index in [1.165, 1.54) is 0 Å². The molecule has 0 aromatic heterocycles. The quantitative estimate of drug-likeness (QED) is 0.785. The third-order valence-electron chi connectivity index (χ3n) is 5.31. The van der Waals surface area contributed by atoms with Crippen molar-refractivity contribution in [3.05, 3.63) is 0 Å². The maximum atomic E-state index is 5.96. The van der Waals surface area contributed by atoms with Crippen LogP contribution in [0.1, 0.15) is 41.5 Å². The van der Waals surface area contributed by atoms with E-state index in [-0.39, 0.29) is 34.9 Å². The standard InChI is InChI=1S/C19H29N3O3/c1-10(2)11-7-23-15(20-11)12-13(16-21-18(3,4)8-24-16)14(12)17-22-19(5,6)9-25-17/h10-14H,7-9H2,1-6H3/t11-,13-,14-/m1/s1. The van der Waals surface area contributed by atoms with E-state index in [0.717, 1.165) is 17.7 Å². The number of ether oxygens (including phenoxy) is 3. The lowest BCUT2D eigenvalue weighted by molar-refractivity contribution is 0.266. The monoisotopic (exact) mass is 347 g/mol. The number of hydrogen-bond acceptors (Lipinski definition) is 6. The second kappa shape index (κ2) is 5.45. The molecule has 6 nitrogen and oxygen atoms in total. The second-order valence-corrected chi connectivity index (χ2v) is 9.27. The summed E-state index contributed by atoms with van der Waals surface area (Å²) >= 11 is 0. The van der Waals surface area contributed by atoms with Crippen molar-refractivity contribution in [3.63, 3.8) is 0 Å². The zero-order valence-electron chi connectivity index (χ0n) is 16.1. The zero-order valence-corrected chi connectivity index (χ0v) is 16.1. The van der Waals surface area contributed by atoms with E-state index in [1.54, 1.807) is 0 Å². The Labute approximate surface area is 149 Å². The largest absolute Gasteiger partial charge is 0.478 e. The molecule has 0 spiro atoms. The van der Waals surface area contributed by atoms with Gasteiger partial charge in [-0.25, -0.2) is 15.0 Å². The molecule has 0 aromatic rings. The van der Waals surface area contributed by atoms with Crippen molar-refractivity contribution < 1.29 is 14.2 Å². The highest BCUT2D eigenvalue weighted by molar-refractivity contribution is 6.03. The molecule has 1 aliphatic carbocycles. The number of nitrogens with zero attached hydrogens (tertiary/aromatic N) is 3. The number of rotatable bonds is 4. The molecule has 3 aliphatic heterocycles. The first kappa shape index (κ1) is 16.9. The predicted octanol–water partition coefficient (Wildman–Crippen LogP) is 2.72. The smallest absolute Gasteiger partial charge is 0.188 e. The van der Waals surface area contributed by atoms with Crippen LogP contribution in [0.2, 0.25) is 0 Å². The molecule has 1 saturated carbocycles. The van der Waals surface area contributed by atoms with Crippen LogP contribution in [0.5, 0.6) is 0 Å². The van der Waals surface area contributed by atoms with Gasteiger partial charge in [-0.15, -0.1) is 0 Å². The lowest BCUT2D eigenvalue weighted by Gasteiger charge is -2.07. The Morgan fingerprint density at radius 3 is 1.64 bits per heavy atom. The Morgan fingerprint density at radius 1 is 0.800 bits per heavy atom. The van der Waals surface area contributed by atoms with Crippen LogP contribution in [0.25, 0.3) is 0 Å². The Bertz CT molecular complexity index is 623. The zero-order chi connectivity index (χ0) is 18.0. The van der Waals surface area contributed by atoms with Gasteiger partial charge in [0, 0.05) is 0 Å². The summed E-state index contributed by atoms with van der Waals surface area (Å²) in [6, 6.07) is 0.239. The number of aliphatic imine (C=N–C) groups is 3. The van der Waals surface area contributed by atoms with E-state index >= 15 is 0 Å². The van der Waals surface area contributed by atoms with Crippen LogP contribution >= 0.6 is 0 Å². The summed E-state index contributed by atoms with van der Waals surface area (Å²) in [5, 5.41) is 0. The molecular formula is C19H29N3O3. The van der Waals surface area contributed by atoms with Crippen LogP contribution in [0.3, 0.4) is 0 Å². The first-order valence-corrected chi connectivity index (χ1v) is 9.32. The summed E-state index contributed by atoms with van der Waals surface area (Å²) in [4.78, 5) is 14.4. The summed E-state index contributed by atoms with van der Waals surface area (Å²) in [5.41, 5.74) is -0.326. The molecule has 0 saturated heterocycles. The second-order valence-electron chi connectivity index (χ2n) is 9.27. The SMILES string of the molecule is CC(C)[C@H]1COC(C2[C@@H](C3=NC(C)(C)CO3)[C@@H]2C2=NC(C)(C)CO2)=N1. The molecule has 0 aromatic carbocycles. The molecule has 25 heavy (non-hydrogen) atoms. The predicted molar refractivity (Wildman–Crippen MR) is 97.4 cm³/mol. The topological polar surface area (TPSA) is 64.8 Å². The Hall–Kier alpha value is -1.59. The molecule has 1 fully saturated rings. The minimum Gasteiger partial charge on any atom is -0.478 e. The molecular weight excluding hydrogens is 318 g/mol. The maximum Gasteiger partial charge on any atom is 0.188 e. The van der Waals surface area contributed by atoms with Gasteiger partial charge in [0.05, 0.1) is 34.9 Å². The lowest BCUT2D eigenvalue weighted by atomic mass is 10.1. The molecule has 3 atom stereocenters. The molecule has 0 N–H and O–H groups in total. The van der Waals surface area contributed by atoms with Gasteiger partial charge in [-0.1, -0.05) is 13.8 Å². The Morgan fingerprint density at radius 2 is 1.28 bits per heavy atom. The van der Waals surface area contributed by atoms with Crippen LogP contribution in [0.15, 0.2) is 15.0 Å². The summed E-state index contributed by atoms with van der Waals surface area (Å²) in [5.74, 6) is 3.36. The Balaban J connectivity index is 1.61. The van der Waals surface area contributed by atoms with E-state index in [1.807, 2.05) is 0 Å². The lowest BCUT2D eigenvalue weighted by Crippen LogP contribution is -2.17. The highest BCUT2D eigenvalue weighted by atomic mass is 16.5. The van der Waals surface area contributed by atoms with Crippen molar-refractivity contribution in [2.45, 2.75) is 58.7 Å². The fourth-order valence-electron chi connectivity index (χ4n) is 3.73. The van der Waals surface area contributed by atoms with Crippen molar-refractivity contribution >= 4 is 17.7 Å². The molecule has 4 aliphatic rings. The first-order valence-electron chi connectivity index (χ1n) is 9.32. The van der Waals surface area contributed by atoms with Gasteiger partial charge in [0.1, 0.15) is 19.8 Å². The molecule has 0 amide bonds. The van der Waals surface area contributed by atoms with Gasteiger partial charge in [0.15, 0.2) is 17.7 Å². The summed E-state index contributed by atoms with van der Waals surface area (Å²) < 4.78 is 17.8.